The van der Waals surface area contributed by atoms with Gasteiger partial charge in [-0.15, -0.1) is 11.3 Å². The molecule has 0 aliphatic heterocycles. The van der Waals surface area contributed by atoms with E-state index in [1.165, 1.54) is 17.1 Å². The number of nitrogens with zero attached hydrogens (tertiary/aromatic N) is 1. The maximum atomic E-state index is 13.6. The number of nitrogens with one attached hydrogen (secondary N) is 1. The summed E-state index contributed by atoms with van der Waals surface area (Å²) in [5.74, 6) is -1.52. The van der Waals surface area contributed by atoms with E-state index in [0.717, 1.165) is 0 Å². The third kappa shape index (κ3) is 3.29. The molecule has 2 aromatic heterocycles. The fraction of sp³-hybridized carbons (Fsp3) is 0.231. The number of hydrogen-bond acceptors (Lipinski definition) is 4. The van der Waals surface area contributed by atoms with Gasteiger partial charge >= 0.3 is 0 Å². The lowest BCUT2D eigenvalue weighted by molar-refractivity contribution is 0.0936. The Kier molecular flexibility index (Phi) is 4.11. The van der Waals surface area contributed by atoms with Gasteiger partial charge in [0.2, 0.25) is 0 Å². The summed E-state index contributed by atoms with van der Waals surface area (Å²) >= 11 is 1.62. The number of carbonyl (C=O) groups is 1. The molecular formula is C13H14FN3OS. The van der Waals surface area contributed by atoms with E-state index in [-0.39, 0.29) is 17.4 Å². The molecule has 4 nitrogen and oxygen atoms in total. The van der Waals surface area contributed by atoms with Crippen molar-refractivity contribution in [3.05, 3.63) is 46.0 Å². The van der Waals surface area contributed by atoms with Crippen LogP contribution in [-0.2, 0) is 6.42 Å². The zero-order valence-corrected chi connectivity index (χ0v) is 11.2. The second-order valence-corrected chi connectivity index (χ2v) is 5.25. The Morgan fingerprint density at radius 3 is 3.05 bits per heavy atom. The van der Waals surface area contributed by atoms with Crippen molar-refractivity contribution in [1.29, 1.82) is 0 Å². The van der Waals surface area contributed by atoms with Gasteiger partial charge in [-0.05, 0) is 24.4 Å². The molecule has 0 saturated carbocycles. The van der Waals surface area contributed by atoms with Gasteiger partial charge < -0.3 is 11.1 Å². The van der Waals surface area contributed by atoms with Gasteiger partial charge in [-0.2, -0.15) is 0 Å². The van der Waals surface area contributed by atoms with Crippen LogP contribution < -0.4 is 11.1 Å². The Labute approximate surface area is 114 Å². The second-order valence-electron chi connectivity index (χ2n) is 4.22. The zero-order valence-electron chi connectivity index (χ0n) is 10.4. The largest absolute Gasteiger partial charge is 0.381 e. The summed E-state index contributed by atoms with van der Waals surface area (Å²) in [6.45, 7) is 1.88. The molecule has 0 fully saturated rings. The van der Waals surface area contributed by atoms with E-state index < -0.39 is 11.7 Å². The van der Waals surface area contributed by atoms with Gasteiger partial charge in [-0.3, -0.25) is 4.79 Å². The summed E-state index contributed by atoms with van der Waals surface area (Å²) in [6, 6.07) is 5.19. The average molecular weight is 279 g/mol. The first-order valence-electron chi connectivity index (χ1n) is 5.81. The van der Waals surface area contributed by atoms with Crippen molar-refractivity contribution in [2.75, 3.05) is 5.73 Å². The molecule has 100 valence electrons. The first-order chi connectivity index (χ1) is 9.08. The van der Waals surface area contributed by atoms with Gasteiger partial charge in [0.15, 0.2) is 11.6 Å². The number of halogens is 1. The maximum absolute atomic E-state index is 13.6. The third-order valence-electron chi connectivity index (χ3n) is 2.63. The van der Waals surface area contributed by atoms with Crippen LogP contribution in [0.25, 0.3) is 0 Å². The number of thiophene rings is 1. The minimum absolute atomic E-state index is 0.0782. The highest BCUT2D eigenvalue weighted by atomic mass is 32.1. The first kappa shape index (κ1) is 13.5. The fourth-order valence-corrected chi connectivity index (χ4v) is 2.55. The van der Waals surface area contributed by atoms with Crippen molar-refractivity contribution < 1.29 is 9.18 Å². The molecule has 0 saturated heterocycles. The summed E-state index contributed by atoms with van der Waals surface area (Å²) in [5, 5.41) is 4.73. The molecule has 0 spiro atoms. The smallest absolute Gasteiger partial charge is 0.254 e. The average Bonchev–Trinajstić information content (AvgIpc) is 2.85. The molecule has 0 radical (unpaired) electrons. The minimum atomic E-state index is -0.775. The van der Waals surface area contributed by atoms with Gasteiger partial charge in [-0.1, -0.05) is 6.07 Å². The Morgan fingerprint density at radius 2 is 2.37 bits per heavy atom. The Balaban J connectivity index is 2.02. The SMILES string of the molecule is CC(Cc1cccs1)NC(=O)c1ccnc(N)c1F. The molecule has 0 aliphatic carbocycles. The Morgan fingerprint density at radius 1 is 1.58 bits per heavy atom. The number of nitrogens with two attached hydrogens (primary N) is 1. The molecule has 1 atom stereocenters. The number of pyridine rings is 1. The highest BCUT2D eigenvalue weighted by Gasteiger charge is 2.16. The Hall–Kier alpha value is -1.95. The van der Waals surface area contributed by atoms with E-state index in [4.69, 9.17) is 5.73 Å². The van der Waals surface area contributed by atoms with Gasteiger partial charge in [0.25, 0.3) is 5.91 Å². The zero-order chi connectivity index (χ0) is 13.8. The first-order valence-corrected chi connectivity index (χ1v) is 6.69. The van der Waals surface area contributed by atoms with Crippen LogP contribution in [-0.4, -0.2) is 16.9 Å². The standard InChI is InChI=1S/C13H14FN3OS/c1-8(7-9-3-2-6-19-9)17-13(18)10-4-5-16-12(15)11(10)14/h2-6,8H,7H2,1H3,(H2,15,16)(H,17,18). The third-order valence-corrected chi connectivity index (χ3v) is 3.52. The monoisotopic (exact) mass is 279 g/mol. The van der Waals surface area contributed by atoms with Gasteiger partial charge in [0, 0.05) is 23.5 Å². The predicted octanol–water partition coefficient (Wildman–Crippen LogP) is 2.23. The van der Waals surface area contributed by atoms with E-state index in [9.17, 15) is 9.18 Å². The summed E-state index contributed by atoms with van der Waals surface area (Å²) in [7, 11) is 0. The predicted molar refractivity (Wildman–Crippen MR) is 73.6 cm³/mol. The van der Waals surface area contributed by atoms with E-state index >= 15 is 0 Å². The summed E-state index contributed by atoms with van der Waals surface area (Å²) in [6.07, 6.45) is 2.03. The highest BCUT2D eigenvalue weighted by molar-refractivity contribution is 7.09. The van der Waals surface area contributed by atoms with Crippen molar-refractivity contribution in [2.24, 2.45) is 0 Å². The van der Waals surface area contributed by atoms with Crippen LogP contribution in [0.4, 0.5) is 10.2 Å². The number of anilines is 1. The lowest BCUT2D eigenvalue weighted by Gasteiger charge is -2.13. The van der Waals surface area contributed by atoms with Crippen molar-refractivity contribution in [1.82, 2.24) is 10.3 Å². The molecule has 1 amide bonds. The molecule has 0 aliphatic rings. The van der Waals surface area contributed by atoms with Crippen LogP contribution in [0.15, 0.2) is 29.8 Å². The quantitative estimate of drug-likeness (QED) is 0.901. The lowest BCUT2D eigenvalue weighted by Crippen LogP contribution is -2.34. The van der Waals surface area contributed by atoms with Crippen molar-refractivity contribution in [3.63, 3.8) is 0 Å². The molecule has 2 heterocycles. The Bertz CT molecular complexity index is 571. The lowest BCUT2D eigenvalue weighted by atomic mass is 10.1. The van der Waals surface area contributed by atoms with Gasteiger partial charge in [0.1, 0.15) is 0 Å². The number of hydrogen-bond donors (Lipinski definition) is 2. The van der Waals surface area contributed by atoms with Crippen LogP contribution in [0.1, 0.15) is 22.2 Å². The van der Waals surface area contributed by atoms with Crippen molar-refractivity contribution in [2.45, 2.75) is 19.4 Å². The van der Waals surface area contributed by atoms with Gasteiger partial charge in [-0.25, -0.2) is 9.37 Å². The van der Waals surface area contributed by atoms with E-state index in [2.05, 4.69) is 10.3 Å². The molecule has 6 heteroatoms. The molecule has 3 N–H and O–H groups in total. The second kappa shape index (κ2) is 5.79. The number of carbonyl (C=O) groups excluding carboxylic acids is 1. The number of nitrogen functional groups attached to an aromatic ring is 1. The molecule has 19 heavy (non-hydrogen) atoms. The van der Waals surface area contributed by atoms with Crippen LogP contribution in [0.5, 0.6) is 0 Å². The summed E-state index contributed by atoms with van der Waals surface area (Å²) in [5.41, 5.74) is 5.26. The molecular weight excluding hydrogens is 265 g/mol. The normalized spacial score (nSPS) is 12.1. The van der Waals surface area contributed by atoms with Crippen LogP contribution >= 0.6 is 11.3 Å². The molecule has 1 unspecified atom stereocenters. The number of amides is 1. The molecule has 2 aromatic rings. The van der Waals surface area contributed by atoms with Crippen molar-refractivity contribution >= 4 is 23.1 Å². The number of aromatic nitrogens is 1. The van der Waals surface area contributed by atoms with E-state index in [1.54, 1.807) is 11.3 Å². The molecule has 0 bridgehead atoms. The van der Waals surface area contributed by atoms with Crippen LogP contribution in [0, 0.1) is 5.82 Å². The van der Waals surface area contributed by atoms with Crippen LogP contribution in [0.3, 0.4) is 0 Å². The van der Waals surface area contributed by atoms with Crippen molar-refractivity contribution in [3.8, 4) is 0 Å². The minimum Gasteiger partial charge on any atom is -0.381 e. The van der Waals surface area contributed by atoms with Crippen LogP contribution in [0.2, 0.25) is 0 Å². The fourth-order valence-electron chi connectivity index (χ4n) is 1.72. The summed E-state index contributed by atoms with van der Waals surface area (Å²) < 4.78 is 13.6. The maximum Gasteiger partial charge on any atom is 0.254 e. The van der Waals surface area contributed by atoms with E-state index in [0.29, 0.717) is 6.42 Å². The number of rotatable bonds is 4. The highest BCUT2D eigenvalue weighted by Crippen LogP contribution is 2.13. The van der Waals surface area contributed by atoms with Gasteiger partial charge in [0.05, 0.1) is 5.56 Å². The molecule has 2 rings (SSSR count). The van der Waals surface area contributed by atoms with E-state index in [1.807, 2.05) is 24.4 Å². The summed E-state index contributed by atoms with van der Waals surface area (Å²) in [4.78, 5) is 16.7. The molecule has 0 aromatic carbocycles. The topological polar surface area (TPSA) is 68.0 Å².